The van der Waals surface area contributed by atoms with Crippen LogP contribution in [0.2, 0.25) is 0 Å². The molecule has 354 valence electrons. The van der Waals surface area contributed by atoms with Gasteiger partial charge in [0, 0.05) is 6.42 Å². The van der Waals surface area contributed by atoms with Crippen LogP contribution in [0.3, 0.4) is 0 Å². The maximum absolute atomic E-state index is 13.0. The summed E-state index contributed by atoms with van der Waals surface area (Å²) in [5.74, 6) is -0.272. The molecule has 0 aromatic rings. The van der Waals surface area contributed by atoms with Crippen molar-refractivity contribution in [1.82, 2.24) is 5.32 Å². The molecule has 0 saturated carbocycles. The second-order valence-electron chi connectivity index (χ2n) is 17.0. The van der Waals surface area contributed by atoms with Gasteiger partial charge in [-0.15, -0.1) is 0 Å². The number of nitrogens with one attached hydrogen (secondary N) is 1. The molecule has 6 N–H and O–H groups in total. The minimum absolute atomic E-state index is 0.259. The maximum atomic E-state index is 13.0. The lowest BCUT2D eigenvalue weighted by Crippen LogP contribution is -2.61. The molecule has 0 bridgehead atoms. The van der Waals surface area contributed by atoms with Gasteiger partial charge >= 0.3 is 10.4 Å². The van der Waals surface area contributed by atoms with Gasteiger partial charge in [-0.25, -0.2) is 4.18 Å². The number of hydrogen-bond acceptors (Lipinski definition) is 10. The number of rotatable bonds is 41. The van der Waals surface area contributed by atoms with E-state index in [9.17, 15) is 38.2 Å². The average Bonchev–Trinajstić information content (AvgIpc) is 3.22. The number of carbonyl (C=O) groups is 1. The van der Waals surface area contributed by atoms with Gasteiger partial charge in [0.1, 0.15) is 24.4 Å². The lowest BCUT2D eigenvalue weighted by atomic mass is 9.99. The molecule has 1 fully saturated rings. The quantitative estimate of drug-likeness (QED) is 0.0195. The number of aliphatic hydroxyl groups excluding tert-OH is 4. The van der Waals surface area contributed by atoms with Crippen molar-refractivity contribution in [2.24, 2.45) is 0 Å². The largest absolute Gasteiger partial charge is 0.397 e. The first kappa shape index (κ1) is 56.6. The molecule has 0 radical (unpaired) electrons. The molecule has 60 heavy (non-hydrogen) atoms. The second-order valence-corrected chi connectivity index (χ2v) is 18.1. The molecule has 13 heteroatoms. The highest BCUT2D eigenvalue weighted by atomic mass is 32.3. The van der Waals surface area contributed by atoms with Gasteiger partial charge in [-0.3, -0.25) is 9.35 Å². The standard InChI is InChI=1S/C47H89NO11S/c1-3-5-7-9-11-13-15-17-18-19-20-21-22-23-24-25-26-28-30-32-34-36-41(50)40(48-43(51)37-35-33-31-29-27-16-14-12-10-8-6-4-2)39-57-47-45(53)46(59-60(54,55)56)44(52)42(38-49)58-47/h12,14,34,36,40-42,44-47,49-50,52-53H,3-11,13,15-33,35,37-39H2,1-2H3,(H,48,51)(H,54,55,56)/b14-12-,36-34+. The minimum atomic E-state index is -5.08. The number of ether oxygens (including phenoxy) is 2. The first-order valence-electron chi connectivity index (χ1n) is 24.2. The van der Waals surface area contributed by atoms with Gasteiger partial charge in [-0.2, -0.15) is 8.42 Å². The molecule has 7 atom stereocenters. The summed E-state index contributed by atoms with van der Waals surface area (Å²) in [6, 6.07) is -0.945. The summed E-state index contributed by atoms with van der Waals surface area (Å²) in [6.45, 7) is 3.36. The minimum Gasteiger partial charge on any atom is -0.394 e. The molecule has 1 amide bonds. The SMILES string of the molecule is CCCCC/C=C\CCCCCCCC(=O)NC(COC1OC(CO)C(O)C(OS(=O)(=O)O)C1O)C(O)/C=C/CCCCCCCCCCCCCCCCCCCCC. The molecule has 12 nitrogen and oxygen atoms in total. The molecule has 1 rings (SSSR count). The molecule has 1 heterocycles. The summed E-state index contributed by atoms with van der Waals surface area (Å²) in [5.41, 5.74) is 0. The summed E-state index contributed by atoms with van der Waals surface area (Å²) >= 11 is 0. The van der Waals surface area contributed by atoms with Crippen molar-refractivity contribution < 1.29 is 51.8 Å². The molecule has 0 aliphatic carbocycles. The molecular weight excluding hydrogens is 787 g/mol. The van der Waals surface area contributed by atoms with Crippen molar-refractivity contribution in [3.8, 4) is 0 Å². The molecule has 1 aliphatic rings. The molecule has 1 aliphatic heterocycles. The summed E-state index contributed by atoms with van der Waals surface area (Å²) in [6.07, 6.45) is 35.1. The van der Waals surface area contributed by atoms with E-state index < -0.39 is 59.9 Å². The topological polar surface area (TPSA) is 192 Å². The average molecular weight is 876 g/mol. The third-order valence-corrected chi connectivity index (χ3v) is 11.9. The van der Waals surface area contributed by atoms with E-state index in [1.54, 1.807) is 6.08 Å². The Bertz CT molecular complexity index is 1170. The van der Waals surface area contributed by atoms with Crippen LogP contribution < -0.4 is 5.32 Å². The Kier molecular flexibility index (Phi) is 35.9. The van der Waals surface area contributed by atoms with Crippen molar-refractivity contribution in [3.05, 3.63) is 24.3 Å². The van der Waals surface area contributed by atoms with Crippen LogP contribution in [-0.2, 0) is 28.9 Å². The smallest absolute Gasteiger partial charge is 0.394 e. The molecule has 7 unspecified atom stereocenters. The highest BCUT2D eigenvalue weighted by Gasteiger charge is 2.48. The van der Waals surface area contributed by atoms with Crippen molar-refractivity contribution >= 4 is 16.3 Å². The third-order valence-electron chi connectivity index (χ3n) is 11.5. The predicted octanol–water partition coefficient (Wildman–Crippen LogP) is 9.72. The van der Waals surface area contributed by atoms with Gasteiger partial charge < -0.3 is 35.2 Å². The summed E-state index contributed by atoms with van der Waals surface area (Å²) in [7, 11) is -5.08. The van der Waals surface area contributed by atoms with Crippen LogP contribution in [0.1, 0.15) is 213 Å². The Balaban J connectivity index is 2.47. The van der Waals surface area contributed by atoms with Crippen molar-refractivity contribution in [1.29, 1.82) is 0 Å². The predicted molar refractivity (Wildman–Crippen MR) is 241 cm³/mol. The molecule has 1 saturated heterocycles. The van der Waals surface area contributed by atoms with E-state index >= 15 is 0 Å². The highest BCUT2D eigenvalue weighted by Crippen LogP contribution is 2.26. The van der Waals surface area contributed by atoms with Crippen LogP contribution in [-0.4, -0.2) is 95.4 Å². The van der Waals surface area contributed by atoms with E-state index in [0.29, 0.717) is 6.42 Å². The fraction of sp³-hybridized carbons (Fsp3) is 0.894. The second kappa shape index (κ2) is 38.1. The Morgan fingerprint density at radius 3 is 1.53 bits per heavy atom. The number of aliphatic hydroxyl groups is 4. The van der Waals surface area contributed by atoms with Crippen LogP contribution in [0, 0.1) is 0 Å². The Labute approximate surface area is 365 Å². The fourth-order valence-electron chi connectivity index (χ4n) is 7.68. The first-order valence-corrected chi connectivity index (χ1v) is 25.6. The fourth-order valence-corrected chi connectivity index (χ4v) is 8.19. The van der Waals surface area contributed by atoms with E-state index in [1.165, 1.54) is 128 Å². The third kappa shape index (κ3) is 30.6. The van der Waals surface area contributed by atoms with E-state index in [4.69, 9.17) is 9.47 Å². The Morgan fingerprint density at radius 2 is 1.07 bits per heavy atom. The number of amides is 1. The summed E-state index contributed by atoms with van der Waals surface area (Å²) in [4.78, 5) is 13.0. The number of carbonyl (C=O) groups excluding carboxylic acids is 1. The van der Waals surface area contributed by atoms with Crippen molar-refractivity contribution in [2.75, 3.05) is 13.2 Å². The monoisotopic (exact) mass is 876 g/mol. The normalized spacial score (nSPS) is 20.9. The zero-order valence-corrected chi connectivity index (χ0v) is 38.6. The van der Waals surface area contributed by atoms with Gasteiger partial charge in [-0.05, 0) is 44.9 Å². The highest BCUT2D eigenvalue weighted by molar-refractivity contribution is 7.80. The van der Waals surface area contributed by atoms with Crippen molar-refractivity contribution in [3.63, 3.8) is 0 Å². The number of allylic oxidation sites excluding steroid dienone is 3. The van der Waals surface area contributed by atoms with E-state index in [2.05, 4.69) is 35.5 Å². The van der Waals surface area contributed by atoms with Gasteiger partial charge in [0.2, 0.25) is 5.91 Å². The molecular formula is C47H89NO11S. The van der Waals surface area contributed by atoms with Gasteiger partial charge in [0.25, 0.3) is 0 Å². The van der Waals surface area contributed by atoms with Gasteiger partial charge in [0.15, 0.2) is 6.29 Å². The van der Waals surface area contributed by atoms with E-state index in [1.807, 2.05) is 6.08 Å². The van der Waals surface area contributed by atoms with Gasteiger partial charge in [-0.1, -0.05) is 186 Å². The van der Waals surface area contributed by atoms with Crippen LogP contribution in [0.15, 0.2) is 24.3 Å². The number of hydrogen-bond donors (Lipinski definition) is 6. The van der Waals surface area contributed by atoms with Crippen LogP contribution in [0.5, 0.6) is 0 Å². The molecule has 0 aromatic carbocycles. The molecule has 0 spiro atoms. The van der Waals surface area contributed by atoms with E-state index in [-0.39, 0.29) is 18.9 Å². The van der Waals surface area contributed by atoms with Crippen LogP contribution >= 0.6 is 0 Å². The Hall–Kier alpha value is -1.42. The van der Waals surface area contributed by atoms with Crippen molar-refractivity contribution in [2.45, 2.75) is 256 Å². The lowest BCUT2D eigenvalue weighted by molar-refractivity contribution is -0.298. The number of unbranched alkanes of at least 4 members (excludes halogenated alkanes) is 27. The van der Waals surface area contributed by atoms with E-state index in [0.717, 1.165) is 57.8 Å². The lowest BCUT2D eigenvalue weighted by Gasteiger charge is -2.41. The summed E-state index contributed by atoms with van der Waals surface area (Å²) in [5, 5.41) is 44.7. The summed E-state index contributed by atoms with van der Waals surface area (Å²) < 4.78 is 47.6. The zero-order valence-electron chi connectivity index (χ0n) is 37.8. The van der Waals surface area contributed by atoms with Gasteiger partial charge in [0.05, 0.1) is 25.4 Å². The van der Waals surface area contributed by atoms with Crippen LogP contribution in [0.4, 0.5) is 0 Å². The first-order chi connectivity index (χ1) is 29.0. The zero-order chi connectivity index (χ0) is 44.1. The molecule has 0 aromatic heterocycles. The maximum Gasteiger partial charge on any atom is 0.397 e. The van der Waals surface area contributed by atoms with Crippen LogP contribution in [0.25, 0.3) is 0 Å². The Morgan fingerprint density at radius 1 is 0.650 bits per heavy atom.